The minimum atomic E-state index is -0.0606. The fourth-order valence-corrected chi connectivity index (χ4v) is 2.37. The van der Waals surface area contributed by atoms with Gasteiger partial charge in [0.1, 0.15) is 0 Å². The van der Waals surface area contributed by atoms with E-state index in [2.05, 4.69) is 22.0 Å². The van der Waals surface area contributed by atoms with Crippen molar-refractivity contribution in [2.24, 2.45) is 5.73 Å². The molecule has 0 atom stereocenters. The maximum Gasteiger partial charge on any atom is 0.257 e. The Balaban J connectivity index is 2.01. The van der Waals surface area contributed by atoms with Gasteiger partial charge in [-0.15, -0.1) is 11.3 Å². The van der Waals surface area contributed by atoms with Crippen LogP contribution in [0, 0.1) is 11.8 Å². The van der Waals surface area contributed by atoms with Crippen molar-refractivity contribution in [1.82, 2.24) is 15.1 Å². The van der Waals surface area contributed by atoms with Crippen LogP contribution in [0.4, 0.5) is 0 Å². The lowest BCUT2D eigenvalue weighted by Gasteiger charge is -2.14. The normalized spacial score (nSPS) is 9.79. The molecule has 5 nitrogen and oxygen atoms in total. The first kappa shape index (κ1) is 13.3. The van der Waals surface area contributed by atoms with E-state index in [1.807, 2.05) is 11.4 Å². The molecule has 0 saturated carbocycles. The number of carbonyl (C=O) groups is 1. The quantitative estimate of drug-likeness (QED) is 0.822. The monoisotopic (exact) mass is 274 g/mol. The SMILES string of the molecule is CN(Cc1csc(C#CCN)c1)C(=O)c1cn[nH]c1. The van der Waals surface area contributed by atoms with Crippen LogP contribution in [0.15, 0.2) is 23.8 Å². The molecule has 1 amide bonds. The Morgan fingerprint density at radius 3 is 3.16 bits per heavy atom. The second kappa shape index (κ2) is 6.18. The van der Waals surface area contributed by atoms with Crippen LogP contribution in [0.3, 0.4) is 0 Å². The summed E-state index contributed by atoms with van der Waals surface area (Å²) < 4.78 is 0. The molecule has 2 rings (SSSR count). The van der Waals surface area contributed by atoms with Gasteiger partial charge in [0.15, 0.2) is 0 Å². The molecule has 6 heteroatoms. The van der Waals surface area contributed by atoms with Crippen LogP contribution < -0.4 is 5.73 Å². The third-order valence-corrected chi connectivity index (χ3v) is 3.37. The van der Waals surface area contributed by atoms with Crippen molar-refractivity contribution in [2.45, 2.75) is 6.54 Å². The molecule has 0 radical (unpaired) electrons. The summed E-state index contributed by atoms with van der Waals surface area (Å²) >= 11 is 1.56. The van der Waals surface area contributed by atoms with Crippen LogP contribution in [0.2, 0.25) is 0 Å². The molecule has 0 aliphatic rings. The van der Waals surface area contributed by atoms with Gasteiger partial charge in [-0.05, 0) is 17.0 Å². The van der Waals surface area contributed by atoms with E-state index in [1.165, 1.54) is 6.20 Å². The first-order valence-electron chi connectivity index (χ1n) is 5.71. The van der Waals surface area contributed by atoms with Gasteiger partial charge >= 0.3 is 0 Å². The summed E-state index contributed by atoms with van der Waals surface area (Å²) in [5.41, 5.74) is 6.94. The summed E-state index contributed by atoms with van der Waals surface area (Å²) in [6.45, 7) is 0.900. The van der Waals surface area contributed by atoms with Crippen molar-refractivity contribution in [3.05, 3.63) is 39.8 Å². The van der Waals surface area contributed by atoms with Crippen LogP contribution in [-0.4, -0.2) is 34.6 Å². The fourth-order valence-electron chi connectivity index (χ4n) is 1.60. The number of nitrogens with one attached hydrogen (secondary N) is 1. The summed E-state index contributed by atoms with van der Waals surface area (Å²) in [4.78, 5) is 14.6. The Labute approximate surface area is 115 Å². The minimum absolute atomic E-state index is 0.0606. The number of nitrogens with two attached hydrogens (primary N) is 1. The predicted octanol–water partition coefficient (Wildman–Crippen LogP) is 1.05. The van der Waals surface area contributed by atoms with Crippen LogP contribution in [-0.2, 0) is 6.54 Å². The molecule has 0 unspecified atom stereocenters. The van der Waals surface area contributed by atoms with Crippen molar-refractivity contribution in [3.8, 4) is 11.8 Å². The number of thiophene rings is 1. The molecule has 0 aromatic carbocycles. The molecule has 98 valence electrons. The molecule has 2 heterocycles. The Morgan fingerprint density at radius 1 is 1.63 bits per heavy atom. The first-order valence-corrected chi connectivity index (χ1v) is 6.59. The molecule has 0 fully saturated rings. The Morgan fingerprint density at radius 2 is 2.47 bits per heavy atom. The second-order valence-corrected chi connectivity index (χ2v) is 4.88. The number of hydrogen-bond donors (Lipinski definition) is 2. The molecule has 0 bridgehead atoms. The van der Waals surface area contributed by atoms with E-state index in [4.69, 9.17) is 5.73 Å². The van der Waals surface area contributed by atoms with Gasteiger partial charge in [-0.2, -0.15) is 5.10 Å². The smallest absolute Gasteiger partial charge is 0.257 e. The highest BCUT2D eigenvalue weighted by Gasteiger charge is 2.13. The maximum absolute atomic E-state index is 12.0. The Hall–Kier alpha value is -2.10. The van der Waals surface area contributed by atoms with E-state index >= 15 is 0 Å². The highest BCUT2D eigenvalue weighted by molar-refractivity contribution is 7.10. The second-order valence-electron chi connectivity index (χ2n) is 3.97. The largest absolute Gasteiger partial charge is 0.337 e. The minimum Gasteiger partial charge on any atom is -0.337 e. The van der Waals surface area contributed by atoms with Crippen LogP contribution >= 0.6 is 11.3 Å². The zero-order chi connectivity index (χ0) is 13.7. The highest BCUT2D eigenvalue weighted by Crippen LogP contribution is 2.15. The van der Waals surface area contributed by atoms with Gasteiger partial charge in [0.25, 0.3) is 5.91 Å². The average molecular weight is 274 g/mol. The summed E-state index contributed by atoms with van der Waals surface area (Å²) in [6, 6.07) is 1.98. The fraction of sp³-hybridized carbons (Fsp3) is 0.231. The third-order valence-electron chi connectivity index (χ3n) is 2.48. The van der Waals surface area contributed by atoms with E-state index < -0.39 is 0 Å². The maximum atomic E-state index is 12.0. The topological polar surface area (TPSA) is 75.0 Å². The number of amides is 1. The number of H-pyrrole nitrogens is 1. The van der Waals surface area contributed by atoms with E-state index in [-0.39, 0.29) is 5.91 Å². The summed E-state index contributed by atoms with van der Waals surface area (Å²) in [6.07, 6.45) is 3.11. The molecule has 0 aliphatic heterocycles. The highest BCUT2D eigenvalue weighted by atomic mass is 32.1. The van der Waals surface area contributed by atoms with E-state index in [1.54, 1.807) is 29.5 Å². The zero-order valence-corrected chi connectivity index (χ0v) is 11.3. The van der Waals surface area contributed by atoms with Crippen LogP contribution in [0.5, 0.6) is 0 Å². The van der Waals surface area contributed by atoms with Gasteiger partial charge in [-0.25, -0.2) is 0 Å². The number of aromatic nitrogens is 2. The van der Waals surface area contributed by atoms with Gasteiger partial charge in [0.2, 0.25) is 0 Å². The molecule has 0 aliphatic carbocycles. The Kier molecular flexibility index (Phi) is 4.34. The molecule has 2 aromatic rings. The molecule has 19 heavy (non-hydrogen) atoms. The lowest BCUT2D eigenvalue weighted by molar-refractivity contribution is 0.0785. The van der Waals surface area contributed by atoms with Gasteiger partial charge < -0.3 is 10.6 Å². The molecule has 0 spiro atoms. The standard InChI is InChI=1S/C13H14N4OS/c1-17(13(18)11-6-15-16-7-11)8-10-5-12(19-9-10)3-2-4-14/h5-7,9H,4,8,14H2,1H3,(H,15,16). The number of nitrogens with zero attached hydrogens (tertiary/aromatic N) is 2. The molecular weight excluding hydrogens is 260 g/mol. The summed E-state index contributed by atoms with van der Waals surface area (Å²) in [5.74, 6) is 5.73. The van der Waals surface area contributed by atoms with Gasteiger partial charge in [0.05, 0.1) is 23.2 Å². The number of carbonyl (C=O) groups excluding carboxylic acids is 1. The Bertz CT molecular complexity index is 606. The molecule has 3 N–H and O–H groups in total. The van der Waals surface area contributed by atoms with Gasteiger partial charge in [-0.1, -0.05) is 11.8 Å². The van der Waals surface area contributed by atoms with Gasteiger partial charge in [0, 0.05) is 19.8 Å². The van der Waals surface area contributed by atoms with Crippen molar-refractivity contribution >= 4 is 17.2 Å². The number of aromatic amines is 1. The van der Waals surface area contributed by atoms with Crippen LogP contribution in [0.1, 0.15) is 20.8 Å². The van der Waals surface area contributed by atoms with E-state index in [0.717, 1.165) is 10.4 Å². The van der Waals surface area contributed by atoms with Crippen molar-refractivity contribution in [3.63, 3.8) is 0 Å². The van der Waals surface area contributed by atoms with E-state index in [0.29, 0.717) is 18.7 Å². The first-order chi connectivity index (χ1) is 9.20. The summed E-state index contributed by atoms with van der Waals surface area (Å²) in [5, 5.41) is 8.40. The number of rotatable bonds is 3. The molecule has 0 saturated heterocycles. The summed E-state index contributed by atoms with van der Waals surface area (Å²) in [7, 11) is 1.76. The zero-order valence-electron chi connectivity index (χ0n) is 10.5. The van der Waals surface area contributed by atoms with Crippen molar-refractivity contribution < 1.29 is 4.79 Å². The van der Waals surface area contributed by atoms with E-state index in [9.17, 15) is 4.79 Å². The number of hydrogen-bond acceptors (Lipinski definition) is 4. The lowest BCUT2D eigenvalue weighted by Crippen LogP contribution is -2.25. The van der Waals surface area contributed by atoms with Crippen molar-refractivity contribution in [2.75, 3.05) is 13.6 Å². The van der Waals surface area contributed by atoms with Crippen LogP contribution in [0.25, 0.3) is 0 Å². The van der Waals surface area contributed by atoms with Gasteiger partial charge in [-0.3, -0.25) is 9.89 Å². The average Bonchev–Trinajstić information content (AvgIpc) is 3.06. The van der Waals surface area contributed by atoms with Crippen molar-refractivity contribution in [1.29, 1.82) is 0 Å². The molecule has 2 aromatic heterocycles. The lowest BCUT2D eigenvalue weighted by atomic mass is 10.2. The predicted molar refractivity (Wildman–Crippen MR) is 74.6 cm³/mol. The molecular formula is C13H14N4OS. The third kappa shape index (κ3) is 3.44.